The summed E-state index contributed by atoms with van der Waals surface area (Å²) in [5.41, 5.74) is 6.30. The molecule has 7 nitrogen and oxygen atoms in total. The molecule has 0 fully saturated rings. The lowest BCUT2D eigenvalue weighted by Gasteiger charge is -2.13. The van der Waals surface area contributed by atoms with Crippen molar-refractivity contribution in [2.24, 2.45) is 16.6 Å². The molecule has 2 N–H and O–H groups in total. The van der Waals surface area contributed by atoms with Crippen LogP contribution in [0.2, 0.25) is 0 Å². The number of carbonyl (C=O) groups is 1. The number of carbonyl (C=O) groups excluding carboxylic acids is 1. The molecule has 0 radical (unpaired) electrons. The molecule has 0 spiro atoms. The molecule has 1 aromatic carbocycles. The average Bonchev–Trinajstić information content (AvgIpc) is 2.51. The van der Waals surface area contributed by atoms with E-state index in [1.54, 1.807) is 19.1 Å². The highest BCUT2D eigenvalue weighted by atomic mass is 16.5. The molecule has 1 rings (SSSR count). The molecule has 0 aliphatic carbocycles. The van der Waals surface area contributed by atoms with Gasteiger partial charge in [0.05, 0.1) is 33.9 Å². The number of nitriles is 1. The number of nitrogens with zero attached hydrogens (tertiary/aromatic N) is 2. The van der Waals surface area contributed by atoms with E-state index in [1.807, 2.05) is 6.07 Å². The van der Waals surface area contributed by atoms with Gasteiger partial charge < -0.3 is 19.9 Å². The van der Waals surface area contributed by atoms with Crippen LogP contribution >= 0.6 is 0 Å². The van der Waals surface area contributed by atoms with Crippen molar-refractivity contribution in [3.8, 4) is 23.3 Å². The first kappa shape index (κ1) is 17.3. The fourth-order valence-electron chi connectivity index (χ4n) is 1.90. The summed E-state index contributed by atoms with van der Waals surface area (Å²) >= 11 is 0. The maximum absolute atomic E-state index is 11.1. The Labute approximate surface area is 129 Å². The van der Waals surface area contributed by atoms with Crippen molar-refractivity contribution in [1.82, 2.24) is 0 Å². The Morgan fingerprint density at radius 1 is 1.27 bits per heavy atom. The summed E-state index contributed by atoms with van der Waals surface area (Å²) in [4.78, 5) is 15.4. The number of hydrogen-bond acceptors (Lipinski definition) is 6. The number of nitrogens with two attached hydrogens (primary N) is 1. The monoisotopic (exact) mass is 305 g/mol. The number of methoxy groups -OCH3 is 3. The van der Waals surface area contributed by atoms with Gasteiger partial charge in [0.25, 0.3) is 0 Å². The van der Waals surface area contributed by atoms with Gasteiger partial charge in [-0.15, -0.1) is 0 Å². The smallest absolute Gasteiger partial charge is 0.240 e. The standard InChI is InChI=1S/C15H19N3O4/c1-9(11(7-16)15(17)19)18-8-10-5-12(20-2)14(22-4)13(6-10)21-3/h5-6,11H,8H2,1-4H3,(H2,17,19). The number of hydrogen-bond donors (Lipinski definition) is 1. The largest absolute Gasteiger partial charge is 0.493 e. The van der Waals surface area contributed by atoms with E-state index in [0.717, 1.165) is 5.56 Å². The Bertz CT molecular complexity index is 595. The molecular weight excluding hydrogens is 286 g/mol. The summed E-state index contributed by atoms with van der Waals surface area (Å²) in [6.45, 7) is 1.85. The maximum Gasteiger partial charge on any atom is 0.240 e. The second-order valence-corrected chi connectivity index (χ2v) is 4.46. The van der Waals surface area contributed by atoms with Gasteiger partial charge in [0.15, 0.2) is 17.4 Å². The lowest BCUT2D eigenvalue weighted by atomic mass is 10.1. The molecule has 0 saturated carbocycles. The molecule has 7 heteroatoms. The molecule has 1 amide bonds. The molecule has 0 aromatic heterocycles. The van der Waals surface area contributed by atoms with Gasteiger partial charge in [-0.2, -0.15) is 5.26 Å². The summed E-state index contributed by atoms with van der Waals surface area (Å²) in [5, 5.41) is 8.91. The first-order valence-corrected chi connectivity index (χ1v) is 6.47. The molecule has 0 aliphatic heterocycles. The zero-order valence-corrected chi connectivity index (χ0v) is 13.0. The van der Waals surface area contributed by atoms with Crippen LogP contribution in [0.15, 0.2) is 17.1 Å². The van der Waals surface area contributed by atoms with Crippen LogP contribution in [0.3, 0.4) is 0 Å². The first-order valence-electron chi connectivity index (χ1n) is 6.47. The Balaban J connectivity index is 3.09. The van der Waals surface area contributed by atoms with Crippen molar-refractivity contribution in [1.29, 1.82) is 5.26 Å². The molecule has 0 bridgehead atoms. The fraction of sp³-hybridized carbons (Fsp3) is 0.400. The average molecular weight is 305 g/mol. The third-order valence-corrected chi connectivity index (χ3v) is 3.07. The number of ether oxygens (including phenoxy) is 3. The SMILES string of the molecule is COc1cc(CN=C(C)C(C#N)C(N)=O)cc(OC)c1OC. The quantitative estimate of drug-likeness (QED) is 0.764. The Hall–Kier alpha value is -2.75. The van der Waals surface area contributed by atoms with E-state index in [-0.39, 0.29) is 6.54 Å². The van der Waals surface area contributed by atoms with Crippen LogP contribution in [0.25, 0.3) is 0 Å². The van der Waals surface area contributed by atoms with Crippen molar-refractivity contribution >= 4 is 11.6 Å². The van der Waals surface area contributed by atoms with Gasteiger partial charge in [-0.05, 0) is 24.6 Å². The molecule has 1 unspecified atom stereocenters. The van der Waals surface area contributed by atoms with Gasteiger partial charge in [-0.1, -0.05) is 0 Å². The van der Waals surface area contributed by atoms with Gasteiger partial charge in [-0.3, -0.25) is 9.79 Å². The Morgan fingerprint density at radius 2 is 1.82 bits per heavy atom. The molecule has 1 aromatic rings. The molecule has 118 valence electrons. The molecule has 22 heavy (non-hydrogen) atoms. The van der Waals surface area contributed by atoms with Gasteiger partial charge >= 0.3 is 0 Å². The minimum atomic E-state index is -1.03. The molecular formula is C15H19N3O4. The van der Waals surface area contributed by atoms with Gasteiger partial charge in [0.2, 0.25) is 11.7 Å². The second kappa shape index (κ2) is 7.88. The van der Waals surface area contributed by atoms with Crippen LogP contribution in [0, 0.1) is 17.2 Å². The van der Waals surface area contributed by atoms with Crippen molar-refractivity contribution in [3.05, 3.63) is 17.7 Å². The van der Waals surface area contributed by atoms with E-state index in [2.05, 4.69) is 4.99 Å². The van der Waals surface area contributed by atoms with Gasteiger partial charge in [-0.25, -0.2) is 0 Å². The van der Waals surface area contributed by atoms with E-state index < -0.39 is 11.8 Å². The predicted octanol–water partition coefficient (Wildman–Crippen LogP) is 1.30. The third-order valence-electron chi connectivity index (χ3n) is 3.07. The number of aliphatic imine (C=N–C) groups is 1. The highest BCUT2D eigenvalue weighted by Crippen LogP contribution is 2.38. The minimum absolute atomic E-state index is 0.258. The lowest BCUT2D eigenvalue weighted by molar-refractivity contribution is -0.118. The summed E-state index contributed by atoms with van der Waals surface area (Å²) in [5.74, 6) is -0.231. The Morgan fingerprint density at radius 3 is 2.18 bits per heavy atom. The van der Waals surface area contributed by atoms with Crippen LogP contribution < -0.4 is 19.9 Å². The van der Waals surface area contributed by atoms with E-state index >= 15 is 0 Å². The van der Waals surface area contributed by atoms with E-state index in [9.17, 15) is 4.79 Å². The zero-order valence-electron chi connectivity index (χ0n) is 13.0. The summed E-state index contributed by atoms with van der Waals surface area (Å²) in [6, 6.07) is 5.33. The summed E-state index contributed by atoms with van der Waals surface area (Å²) < 4.78 is 15.7. The predicted molar refractivity (Wildman–Crippen MR) is 81.2 cm³/mol. The van der Waals surface area contributed by atoms with Crippen molar-refractivity contribution < 1.29 is 19.0 Å². The molecule has 1 atom stereocenters. The lowest BCUT2D eigenvalue weighted by Crippen LogP contribution is -2.27. The number of primary amides is 1. The van der Waals surface area contributed by atoms with Gasteiger partial charge in [0.1, 0.15) is 0 Å². The van der Waals surface area contributed by atoms with Crippen LogP contribution in [0.4, 0.5) is 0 Å². The second-order valence-electron chi connectivity index (χ2n) is 4.46. The van der Waals surface area contributed by atoms with Crippen molar-refractivity contribution in [3.63, 3.8) is 0 Å². The summed E-state index contributed by atoms with van der Waals surface area (Å²) in [7, 11) is 4.56. The van der Waals surface area contributed by atoms with Gasteiger partial charge in [0, 0.05) is 5.71 Å². The minimum Gasteiger partial charge on any atom is -0.493 e. The normalized spacial score (nSPS) is 12.2. The maximum atomic E-state index is 11.1. The van der Waals surface area contributed by atoms with Crippen molar-refractivity contribution in [2.75, 3.05) is 21.3 Å². The molecule has 0 aliphatic rings. The molecule has 0 saturated heterocycles. The van der Waals surface area contributed by atoms with Crippen LogP contribution in [0.1, 0.15) is 12.5 Å². The van der Waals surface area contributed by atoms with Crippen molar-refractivity contribution in [2.45, 2.75) is 13.5 Å². The third kappa shape index (κ3) is 3.88. The highest BCUT2D eigenvalue weighted by molar-refractivity contribution is 6.04. The number of benzene rings is 1. The van der Waals surface area contributed by atoms with E-state index in [4.69, 9.17) is 25.2 Å². The van der Waals surface area contributed by atoms with Crippen LogP contribution in [-0.2, 0) is 11.3 Å². The number of rotatable bonds is 7. The first-order chi connectivity index (χ1) is 10.5. The topological polar surface area (TPSA) is 107 Å². The zero-order chi connectivity index (χ0) is 16.7. The summed E-state index contributed by atoms with van der Waals surface area (Å²) in [6.07, 6.45) is 0. The Kier molecular flexibility index (Phi) is 6.20. The van der Waals surface area contributed by atoms with E-state index in [1.165, 1.54) is 21.3 Å². The van der Waals surface area contributed by atoms with Crippen LogP contribution in [0.5, 0.6) is 17.2 Å². The van der Waals surface area contributed by atoms with Crippen LogP contribution in [-0.4, -0.2) is 32.9 Å². The molecule has 0 heterocycles. The highest BCUT2D eigenvalue weighted by Gasteiger charge is 2.18. The van der Waals surface area contributed by atoms with E-state index in [0.29, 0.717) is 23.0 Å². The number of amides is 1. The fourth-order valence-corrected chi connectivity index (χ4v) is 1.90.